The summed E-state index contributed by atoms with van der Waals surface area (Å²) < 4.78 is 22.0. The second kappa shape index (κ2) is 4.31. The quantitative estimate of drug-likeness (QED) is 0.859. The maximum Gasteiger partial charge on any atom is 0.261 e. The number of carbonyl (C=O) groups excluding carboxylic acids is 1. The van der Waals surface area contributed by atoms with Gasteiger partial charge < -0.3 is 5.32 Å². The molecule has 1 fully saturated rings. The van der Waals surface area contributed by atoms with E-state index in [9.17, 15) is 13.2 Å². The zero-order chi connectivity index (χ0) is 12.6. The van der Waals surface area contributed by atoms with Crippen LogP contribution < -0.4 is 5.32 Å². The number of anilines is 1. The number of rotatable bonds is 3. The SMILES string of the molecule is CC1CC1C(=O)Nc1ccc(S(=O)(=O)Cl)cc1. The first kappa shape index (κ1) is 12.4. The number of hydrogen-bond donors (Lipinski definition) is 1. The predicted octanol–water partition coefficient (Wildman–Crippen LogP) is 2.21. The molecule has 0 aliphatic heterocycles. The van der Waals surface area contributed by atoms with Crippen molar-refractivity contribution in [3.8, 4) is 0 Å². The van der Waals surface area contributed by atoms with Gasteiger partial charge in [-0.1, -0.05) is 6.92 Å². The smallest absolute Gasteiger partial charge is 0.261 e. The number of benzene rings is 1. The molecule has 6 heteroatoms. The predicted molar refractivity (Wildman–Crippen MR) is 65.4 cm³/mol. The molecule has 0 bridgehead atoms. The summed E-state index contributed by atoms with van der Waals surface area (Å²) >= 11 is 0. The van der Waals surface area contributed by atoms with Crippen LogP contribution in [0.3, 0.4) is 0 Å². The Labute approximate surface area is 104 Å². The summed E-state index contributed by atoms with van der Waals surface area (Å²) in [6.45, 7) is 2.02. The Morgan fingerprint density at radius 2 is 1.88 bits per heavy atom. The number of carbonyl (C=O) groups is 1. The molecule has 0 aromatic heterocycles. The van der Waals surface area contributed by atoms with Crippen molar-refractivity contribution >= 4 is 31.3 Å². The summed E-state index contributed by atoms with van der Waals surface area (Å²) in [5, 5.41) is 2.74. The number of amides is 1. The van der Waals surface area contributed by atoms with Gasteiger partial charge in [0.05, 0.1) is 4.90 Å². The van der Waals surface area contributed by atoms with Crippen molar-refractivity contribution < 1.29 is 13.2 Å². The van der Waals surface area contributed by atoms with Gasteiger partial charge in [0.2, 0.25) is 5.91 Å². The van der Waals surface area contributed by atoms with Crippen LogP contribution in [0.1, 0.15) is 13.3 Å². The van der Waals surface area contributed by atoms with Crippen LogP contribution >= 0.6 is 10.7 Å². The van der Waals surface area contributed by atoms with Gasteiger partial charge in [-0.15, -0.1) is 0 Å². The van der Waals surface area contributed by atoms with Crippen LogP contribution in [-0.2, 0) is 13.8 Å². The summed E-state index contributed by atoms with van der Waals surface area (Å²) in [5.74, 6) is 0.517. The van der Waals surface area contributed by atoms with Crippen LogP contribution in [-0.4, -0.2) is 14.3 Å². The maximum atomic E-state index is 11.6. The van der Waals surface area contributed by atoms with E-state index in [-0.39, 0.29) is 16.7 Å². The monoisotopic (exact) mass is 273 g/mol. The van der Waals surface area contributed by atoms with Crippen molar-refractivity contribution in [1.82, 2.24) is 0 Å². The molecule has 17 heavy (non-hydrogen) atoms. The van der Waals surface area contributed by atoms with Crippen LogP contribution in [0.5, 0.6) is 0 Å². The lowest BCUT2D eigenvalue weighted by Gasteiger charge is -2.04. The van der Waals surface area contributed by atoms with Crippen LogP contribution in [0, 0.1) is 11.8 Å². The molecule has 0 spiro atoms. The highest BCUT2D eigenvalue weighted by molar-refractivity contribution is 8.13. The summed E-state index contributed by atoms with van der Waals surface area (Å²) in [6.07, 6.45) is 0.917. The van der Waals surface area contributed by atoms with Crippen LogP contribution in [0.4, 0.5) is 5.69 Å². The molecular formula is C11H12ClNO3S. The van der Waals surface area contributed by atoms with E-state index >= 15 is 0 Å². The average Bonchev–Trinajstić information content (AvgIpc) is 2.95. The lowest BCUT2D eigenvalue weighted by atomic mass is 10.3. The molecule has 0 heterocycles. The standard InChI is InChI=1S/C11H12ClNO3S/c1-7-6-10(7)11(14)13-8-2-4-9(5-3-8)17(12,15)16/h2-5,7,10H,6H2,1H3,(H,13,14). The minimum atomic E-state index is -3.70. The molecule has 1 amide bonds. The Hall–Kier alpha value is -1.07. The van der Waals surface area contributed by atoms with Gasteiger partial charge in [0.15, 0.2) is 0 Å². The van der Waals surface area contributed by atoms with E-state index in [1.165, 1.54) is 24.3 Å². The van der Waals surface area contributed by atoms with E-state index in [2.05, 4.69) is 5.32 Å². The fraction of sp³-hybridized carbons (Fsp3) is 0.364. The molecule has 1 aromatic carbocycles. The zero-order valence-corrected chi connectivity index (χ0v) is 10.8. The molecule has 1 aliphatic rings. The molecule has 1 N–H and O–H groups in total. The van der Waals surface area contributed by atoms with Crippen molar-refractivity contribution in [2.75, 3.05) is 5.32 Å². The van der Waals surface area contributed by atoms with Crippen molar-refractivity contribution in [3.63, 3.8) is 0 Å². The molecule has 1 aromatic rings. The normalized spacial score (nSPS) is 23.2. The van der Waals surface area contributed by atoms with Crippen LogP contribution in [0.2, 0.25) is 0 Å². The van der Waals surface area contributed by atoms with E-state index in [4.69, 9.17) is 10.7 Å². The van der Waals surface area contributed by atoms with Crippen LogP contribution in [0.25, 0.3) is 0 Å². The van der Waals surface area contributed by atoms with E-state index in [1.807, 2.05) is 6.92 Å². The Bertz CT molecular complexity index is 538. The van der Waals surface area contributed by atoms with Crippen molar-refractivity contribution in [2.24, 2.45) is 11.8 Å². The van der Waals surface area contributed by atoms with Gasteiger partial charge in [-0.2, -0.15) is 0 Å². The summed E-state index contributed by atoms with van der Waals surface area (Å²) in [6, 6.07) is 5.79. The minimum absolute atomic E-state index is 0.0148. The third-order valence-corrected chi connectivity index (χ3v) is 4.22. The van der Waals surface area contributed by atoms with E-state index in [0.717, 1.165) is 6.42 Å². The fourth-order valence-corrected chi connectivity index (χ4v) is 2.39. The highest BCUT2D eigenvalue weighted by Crippen LogP contribution is 2.38. The van der Waals surface area contributed by atoms with E-state index in [1.54, 1.807) is 0 Å². The van der Waals surface area contributed by atoms with Gasteiger partial charge in [-0.25, -0.2) is 8.42 Å². The van der Waals surface area contributed by atoms with Crippen molar-refractivity contribution in [3.05, 3.63) is 24.3 Å². The molecule has 2 unspecified atom stereocenters. The van der Waals surface area contributed by atoms with Crippen molar-refractivity contribution in [2.45, 2.75) is 18.2 Å². The van der Waals surface area contributed by atoms with Gasteiger partial charge in [0.25, 0.3) is 9.05 Å². The van der Waals surface area contributed by atoms with E-state index in [0.29, 0.717) is 11.6 Å². The minimum Gasteiger partial charge on any atom is -0.326 e. The van der Waals surface area contributed by atoms with E-state index < -0.39 is 9.05 Å². The average molecular weight is 274 g/mol. The zero-order valence-electron chi connectivity index (χ0n) is 9.18. The molecule has 1 aliphatic carbocycles. The third kappa shape index (κ3) is 2.98. The molecule has 92 valence electrons. The number of nitrogens with one attached hydrogen (secondary N) is 1. The highest BCUT2D eigenvalue weighted by Gasteiger charge is 2.39. The first-order valence-corrected chi connectivity index (χ1v) is 7.54. The molecule has 2 rings (SSSR count). The Kier molecular flexibility index (Phi) is 3.14. The Balaban J connectivity index is 2.06. The molecule has 0 radical (unpaired) electrons. The first-order valence-electron chi connectivity index (χ1n) is 5.23. The second-order valence-electron chi connectivity index (χ2n) is 4.27. The number of hydrogen-bond acceptors (Lipinski definition) is 3. The number of halogens is 1. The van der Waals surface area contributed by atoms with Gasteiger partial charge in [0.1, 0.15) is 0 Å². The largest absolute Gasteiger partial charge is 0.326 e. The molecule has 1 saturated carbocycles. The lowest BCUT2D eigenvalue weighted by Crippen LogP contribution is -2.14. The second-order valence-corrected chi connectivity index (χ2v) is 6.84. The summed E-state index contributed by atoms with van der Waals surface area (Å²) in [4.78, 5) is 11.6. The molecule has 2 atom stereocenters. The van der Waals surface area contributed by atoms with Gasteiger partial charge in [-0.3, -0.25) is 4.79 Å². The Morgan fingerprint density at radius 1 is 1.35 bits per heavy atom. The Morgan fingerprint density at radius 3 is 2.29 bits per heavy atom. The first-order chi connectivity index (χ1) is 7.88. The third-order valence-electron chi connectivity index (χ3n) is 2.85. The van der Waals surface area contributed by atoms with Gasteiger partial charge >= 0.3 is 0 Å². The highest BCUT2D eigenvalue weighted by atomic mass is 35.7. The molecule has 0 saturated heterocycles. The van der Waals surface area contributed by atoms with Crippen LogP contribution in [0.15, 0.2) is 29.2 Å². The van der Waals surface area contributed by atoms with Gasteiger partial charge in [0, 0.05) is 22.3 Å². The maximum absolute atomic E-state index is 11.6. The lowest BCUT2D eigenvalue weighted by molar-refractivity contribution is -0.117. The summed E-state index contributed by atoms with van der Waals surface area (Å²) in [5.41, 5.74) is 0.582. The molecule has 4 nitrogen and oxygen atoms in total. The van der Waals surface area contributed by atoms with Crippen molar-refractivity contribution in [1.29, 1.82) is 0 Å². The summed E-state index contributed by atoms with van der Waals surface area (Å²) in [7, 11) is 1.48. The van der Waals surface area contributed by atoms with Gasteiger partial charge in [-0.05, 0) is 36.6 Å². The molecular weight excluding hydrogens is 262 g/mol. The fourth-order valence-electron chi connectivity index (χ4n) is 1.62. The topological polar surface area (TPSA) is 63.2 Å².